The fourth-order valence-electron chi connectivity index (χ4n) is 5.04. The summed E-state index contributed by atoms with van der Waals surface area (Å²) >= 11 is 0. The Hall–Kier alpha value is -2.67. The summed E-state index contributed by atoms with van der Waals surface area (Å²) in [7, 11) is 3.86. The summed E-state index contributed by atoms with van der Waals surface area (Å²) in [6, 6.07) is 11.2. The van der Waals surface area contributed by atoms with Gasteiger partial charge in [-0.05, 0) is 82.1 Å². The molecule has 0 radical (unpaired) electrons. The number of likely N-dealkylation sites (N-methyl/N-ethyl adjacent to an activating group) is 1. The van der Waals surface area contributed by atoms with Crippen LogP contribution in [0, 0.1) is 18.2 Å². The van der Waals surface area contributed by atoms with Crippen molar-refractivity contribution in [3.8, 4) is 0 Å². The first kappa shape index (κ1) is 27.9. The van der Waals surface area contributed by atoms with Crippen molar-refractivity contribution in [2.45, 2.75) is 70.8 Å². The summed E-state index contributed by atoms with van der Waals surface area (Å²) in [5.41, 5.74) is 2.08. The fourth-order valence-corrected chi connectivity index (χ4v) is 5.04. The normalized spacial score (nSPS) is 16.5. The van der Waals surface area contributed by atoms with E-state index in [9.17, 15) is 22.8 Å². The number of benzene rings is 2. The number of hydrogen-bond acceptors (Lipinski definition) is 3. The molecule has 1 amide bonds. The second kappa shape index (κ2) is 11.2. The maximum atomic E-state index is 14.6. The number of nitrogens with one attached hydrogen (secondary N) is 1. The maximum Gasteiger partial charge on any atom is 0.251 e. The molecule has 0 spiro atoms. The third-order valence-electron chi connectivity index (χ3n) is 7.70. The molecule has 1 aliphatic rings. The summed E-state index contributed by atoms with van der Waals surface area (Å²) < 4.78 is 42.7. The number of ketones is 1. The monoisotopic (exact) mass is 502 g/mol. The van der Waals surface area contributed by atoms with Crippen molar-refractivity contribution >= 4 is 11.7 Å². The van der Waals surface area contributed by atoms with Gasteiger partial charge < -0.3 is 10.2 Å². The van der Waals surface area contributed by atoms with Crippen molar-refractivity contribution in [3.63, 3.8) is 0 Å². The van der Waals surface area contributed by atoms with Crippen LogP contribution in [0.25, 0.3) is 0 Å². The Bertz CT molecular complexity index is 1070. The average Bonchev–Trinajstić information content (AvgIpc) is 3.63. The molecular weight excluding hydrogens is 465 g/mol. The predicted molar refractivity (Wildman–Crippen MR) is 136 cm³/mol. The first-order valence-corrected chi connectivity index (χ1v) is 12.6. The van der Waals surface area contributed by atoms with Gasteiger partial charge >= 0.3 is 0 Å². The Morgan fingerprint density at radius 3 is 2.25 bits per heavy atom. The largest absolute Gasteiger partial charge is 0.355 e. The lowest BCUT2D eigenvalue weighted by molar-refractivity contribution is -0.123. The SMILES string of the molecule is CCC(=O)c1ccc(C[C@@H](CNC(=O)C[C@H](c2ccc(F)cc2)C2(C(C)(F)F)CC2)N(C)C)c(C)c1. The first-order chi connectivity index (χ1) is 16.9. The number of hydrogen-bond donors (Lipinski definition) is 1. The van der Waals surface area contributed by atoms with Gasteiger partial charge in [-0.15, -0.1) is 0 Å². The number of rotatable bonds is 12. The number of halogens is 3. The molecular formula is C29H37F3N2O2. The van der Waals surface area contributed by atoms with E-state index in [0.717, 1.165) is 18.1 Å². The highest BCUT2D eigenvalue weighted by Crippen LogP contribution is 2.65. The first-order valence-electron chi connectivity index (χ1n) is 12.6. The van der Waals surface area contributed by atoms with E-state index in [4.69, 9.17) is 0 Å². The van der Waals surface area contributed by atoms with Gasteiger partial charge in [0.15, 0.2) is 5.78 Å². The van der Waals surface area contributed by atoms with E-state index < -0.39 is 23.1 Å². The van der Waals surface area contributed by atoms with Crippen molar-refractivity contribution in [1.29, 1.82) is 0 Å². The quantitative estimate of drug-likeness (QED) is 0.366. The molecule has 3 rings (SSSR count). The molecule has 4 nitrogen and oxygen atoms in total. The van der Waals surface area contributed by atoms with Gasteiger partial charge in [0.25, 0.3) is 5.92 Å². The number of carbonyl (C=O) groups excluding carboxylic acids is 2. The molecule has 0 unspecified atom stereocenters. The second-order valence-corrected chi connectivity index (χ2v) is 10.4. The van der Waals surface area contributed by atoms with Crippen molar-refractivity contribution in [2.75, 3.05) is 20.6 Å². The standard InChI is InChI=1S/C29H37F3N2O2/c1-6-26(35)22-8-7-21(19(2)15-22)16-24(34(4)5)18-33-27(36)17-25(20-9-11-23(30)12-10-20)29(13-14-29)28(3,31)32/h7-12,15,24-25H,6,13-14,16-18H2,1-5H3,(H,33,36)/t24-,25+/m0/s1. The van der Waals surface area contributed by atoms with Gasteiger partial charge in [-0.3, -0.25) is 9.59 Å². The lowest BCUT2D eigenvalue weighted by Gasteiger charge is -2.32. The van der Waals surface area contributed by atoms with E-state index in [0.29, 0.717) is 43.4 Å². The van der Waals surface area contributed by atoms with E-state index in [1.54, 1.807) is 0 Å². The summed E-state index contributed by atoms with van der Waals surface area (Å²) in [5.74, 6) is -4.27. The number of amides is 1. The van der Waals surface area contributed by atoms with Crippen LogP contribution in [-0.4, -0.2) is 49.2 Å². The van der Waals surface area contributed by atoms with Crippen molar-refractivity contribution < 1.29 is 22.8 Å². The maximum absolute atomic E-state index is 14.6. The highest BCUT2D eigenvalue weighted by atomic mass is 19.3. The number of Topliss-reactive ketones (excluding diaryl/α,β-unsaturated/α-hetero) is 1. The number of nitrogens with zero attached hydrogens (tertiary/aromatic N) is 1. The molecule has 0 aromatic heterocycles. The van der Waals surface area contributed by atoms with Crippen LogP contribution >= 0.6 is 0 Å². The van der Waals surface area contributed by atoms with Gasteiger partial charge in [-0.2, -0.15) is 0 Å². The summed E-state index contributed by atoms with van der Waals surface area (Å²) in [4.78, 5) is 27.0. The molecule has 0 aliphatic heterocycles. The minimum Gasteiger partial charge on any atom is -0.355 e. The average molecular weight is 503 g/mol. The lowest BCUT2D eigenvalue weighted by Crippen LogP contribution is -2.43. The highest BCUT2D eigenvalue weighted by Gasteiger charge is 2.63. The van der Waals surface area contributed by atoms with Gasteiger partial charge in [0, 0.05) is 42.3 Å². The minimum absolute atomic E-state index is 0.0212. The number of carbonyl (C=O) groups is 2. The number of aryl methyl sites for hydroxylation is 1. The third-order valence-corrected chi connectivity index (χ3v) is 7.70. The predicted octanol–water partition coefficient (Wildman–Crippen LogP) is 5.93. The molecule has 1 N–H and O–H groups in total. The zero-order valence-corrected chi connectivity index (χ0v) is 21.8. The number of alkyl halides is 2. The molecule has 196 valence electrons. The second-order valence-electron chi connectivity index (χ2n) is 10.4. The molecule has 1 saturated carbocycles. The minimum atomic E-state index is -2.94. The van der Waals surface area contributed by atoms with E-state index in [1.165, 1.54) is 24.3 Å². The molecule has 2 atom stereocenters. The Morgan fingerprint density at radius 2 is 1.75 bits per heavy atom. The molecule has 7 heteroatoms. The zero-order valence-electron chi connectivity index (χ0n) is 21.8. The van der Waals surface area contributed by atoms with Crippen LogP contribution in [0.3, 0.4) is 0 Å². The van der Waals surface area contributed by atoms with Gasteiger partial charge in [-0.25, -0.2) is 13.2 Å². The van der Waals surface area contributed by atoms with Crippen molar-refractivity contribution in [1.82, 2.24) is 10.2 Å². The Kier molecular flexibility index (Phi) is 8.65. The Morgan fingerprint density at radius 1 is 1.11 bits per heavy atom. The van der Waals surface area contributed by atoms with Crippen LogP contribution in [0.5, 0.6) is 0 Å². The van der Waals surface area contributed by atoms with Crippen molar-refractivity contribution in [2.24, 2.45) is 5.41 Å². The summed E-state index contributed by atoms with van der Waals surface area (Å²) in [6.45, 7) is 5.08. The third kappa shape index (κ3) is 6.36. The lowest BCUT2D eigenvalue weighted by atomic mass is 9.77. The molecule has 1 aliphatic carbocycles. The van der Waals surface area contributed by atoms with Crippen LogP contribution in [0.1, 0.15) is 72.5 Å². The van der Waals surface area contributed by atoms with Crippen LogP contribution < -0.4 is 5.32 Å². The van der Waals surface area contributed by atoms with Gasteiger partial charge in [0.2, 0.25) is 5.91 Å². The smallest absolute Gasteiger partial charge is 0.251 e. The van der Waals surface area contributed by atoms with E-state index in [2.05, 4.69) is 5.32 Å². The van der Waals surface area contributed by atoms with Crippen LogP contribution in [0.15, 0.2) is 42.5 Å². The summed E-state index contributed by atoms with van der Waals surface area (Å²) in [6.07, 6.45) is 1.71. The molecule has 0 bridgehead atoms. The highest BCUT2D eigenvalue weighted by molar-refractivity contribution is 5.96. The molecule has 36 heavy (non-hydrogen) atoms. The zero-order chi connectivity index (χ0) is 26.7. The van der Waals surface area contributed by atoms with E-state index in [-0.39, 0.29) is 24.2 Å². The Labute approximate surface area is 212 Å². The van der Waals surface area contributed by atoms with Crippen molar-refractivity contribution in [3.05, 3.63) is 70.5 Å². The van der Waals surface area contributed by atoms with Gasteiger partial charge in [0.05, 0.1) is 0 Å². The van der Waals surface area contributed by atoms with Gasteiger partial charge in [-0.1, -0.05) is 31.2 Å². The van der Waals surface area contributed by atoms with Crippen LogP contribution in [0.4, 0.5) is 13.2 Å². The summed E-state index contributed by atoms with van der Waals surface area (Å²) in [5, 5.41) is 2.95. The van der Waals surface area contributed by atoms with Crippen LogP contribution in [-0.2, 0) is 11.2 Å². The Balaban J connectivity index is 1.70. The topological polar surface area (TPSA) is 49.4 Å². The molecule has 0 saturated heterocycles. The molecule has 1 fully saturated rings. The van der Waals surface area contributed by atoms with E-state index in [1.807, 2.05) is 51.0 Å². The van der Waals surface area contributed by atoms with Gasteiger partial charge in [0.1, 0.15) is 5.82 Å². The molecule has 0 heterocycles. The molecule has 2 aromatic rings. The van der Waals surface area contributed by atoms with E-state index >= 15 is 0 Å². The fraction of sp³-hybridized carbons (Fsp3) is 0.517. The molecule has 2 aromatic carbocycles. The van der Waals surface area contributed by atoms with Crippen LogP contribution in [0.2, 0.25) is 0 Å².